The van der Waals surface area contributed by atoms with Crippen molar-refractivity contribution < 1.29 is 27.6 Å². The minimum absolute atomic E-state index is 0.0499. The van der Waals surface area contributed by atoms with E-state index < -0.39 is 36.0 Å². The quantitative estimate of drug-likeness (QED) is 0.521. The summed E-state index contributed by atoms with van der Waals surface area (Å²) < 4.78 is 40.6. The molecule has 3 rings (SSSR count). The maximum absolute atomic E-state index is 13.8. The molecule has 0 aliphatic carbocycles. The standard InChI is InChI=1S/C22H19F3N4O3/c1-12-7-8-14(23)10-15(12)18-16(11-29(28-18)22(24)25)21(32)27-17(19(30)20(26)31)9-13-5-3-2-4-6-13/h2-8,10-11,17,22H,9H2,1H3,(H2,26,31)(H,27,32). The summed E-state index contributed by atoms with van der Waals surface area (Å²) in [5.74, 6) is -3.89. The third-order valence-electron chi connectivity index (χ3n) is 4.78. The van der Waals surface area contributed by atoms with Gasteiger partial charge in [-0.2, -0.15) is 13.9 Å². The highest BCUT2D eigenvalue weighted by Gasteiger charge is 2.29. The number of carbonyl (C=O) groups is 3. The van der Waals surface area contributed by atoms with Crippen molar-refractivity contribution in [1.29, 1.82) is 0 Å². The number of alkyl halides is 2. The summed E-state index contributed by atoms with van der Waals surface area (Å²) >= 11 is 0. The number of nitrogens with one attached hydrogen (secondary N) is 1. The van der Waals surface area contributed by atoms with Crippen LogP contribution in [0.4, 0.5) is 13.2 Å². The lowest BCUT2D eigenvalue weighted by molar-refractivity contribution is -0.137. The number of halogens is 3. The van der Waals surface area contributed by atoms with Crippen LogP contribution in [0.2, 0.25) is 0 Å². The van der Waals surface area contributed by atoms with Crippen molar-refractivity contribution >= 4 is 17.6 Å². The van der Waals surface area contributed by atoms with Crippen molar-refractivity contribution in [2.45, 2.75) is 25.9 Å². The van der Waals surface area contributed by atoms with E-state index in [1.165, 1.54) is 12.1 Å². The zero-order valence-electron chi connectivity index (χ0n) is 16.9. The molecule has 0 aliphatic heterocycles. The third kappa shape index (κ3) is 5.02. The molecule has 166 valence electrons. The first-order valence-corrected chi connectivity index (χ1v) is 9.49. The molecule has 0 saturated carbocycles. The first kappa shape index (κ1) is 22.7. The number of hydrogen-bond donors (Lipinski definition) is 2. The maximum Gasteiger partial charge on any atom is 0.333 e. The van der Waals surface area contributed by atoms with Crippen LogP contribution in [0.15, 0.2) is 54.7 Å². The van der Waals surface area contributed by atoms with Crippen molar-refractivity contribution in [3.8, 4) is 11.3 Å². The van der Waals surface area contributed by atoms with E-state index in [4.69, 9.17) is 5.73 Å². The summed E-state index contributed by atoms with van der Waals surface area (Å²) in [7, 11) is 0. The number of amides is 2. The number of aryl methyl sites for hydroxylation is 1. The average molecular weight is 444 g/mol. The van der Waals surface area contributed by atoms with E-state index in [1.54, 1.807) is 37.3 Å². The van der Waals surface area contributed by atoms with Gasteiger partial charge in [-0.15, -0.1) is 0 Å². The van der Waals surface area contributed by atoms with E-state index >= 15 is 0 Å². The molecule has 2 amide bonds. The van der Waals surface area contributed by atoms with Gasteiger partial charge in [-0.25, -0.2) is 9.07 Å². The third-order valence-corrected chi connectivity index (χ3v) is 4.78. The zero-order chi connectivity index (χ0) is 23.4. The Morgan fingerprint density at radius 1 is 1.12 bits per heavy atom. The van der Waals surface area contributed by atoms with Crippen LogP contribution in [0, 0.1) is 12.7 Å². The van der Waals surface area contributed by atoms with Crippen LogP contribution < -0.4 is 11.1 Å². The topological polar surface area (TPSA) is 107 Å². The number of ketones is 1. The van der Waals surface area contributed by atoms with Gasteiger partial charge in [0.2, 0.25) is 5.78 Å². The number of nitrogens with zero attached hydrogens (tertiary/aromatic N) is 2. The Morgan fingerprint density at radius 2 is 1.81 bits per heavy atom. The molecule has 7 nitrogen and oxygen atoms in total. The lowest BCUT2D eigenvalue weighted by Gasteiger charge is -2.16. The largest absolute Gasteiger partial charge is 0.363 e. The van der Waals surface area contributed by atoms with Crippen molar-refractivity contribution in [3.05, 3.63) is 77.2 Å². The molecule has 10 heteroatoms. The molecule has 0 bridgehead atoms. The Bertz CT molecular complexity index is 1160. The maximum atomic E-state index is 13.8. The number of primary amides is 1. The van der Waals surface area contributed by atoms with E-state index in [0.29, 0.717) is 11.1 Å². The number of nitrogens with two attached hydrogens (primary N) is 1. The van der Waals surface area contributed by atoms with Gasteiger partial charge < -0.3 is 11.1 Å². The molecule has 3 aromatic rings. The van der Waals surface area contributed by atoms with Crippen molar-refractivity contribution in [2.24, 2.45) is 5.73 Å². The van der Waals surface area contributed by atoms with E-state index in [-0.39, 0.29) is 27.9 Å². The van der Waals surface area contributed by atoms with Crippen LogP contribution in [-0.2, 0) is 16.0 Å². The fraction of sp³-hybridized carbons (Fsp3) is 0.182. The minimum atomic E-state index is -3.06. The van der Waals surface area contributed by atoms with Crippen molar-refractivity contribution in [3.63, 3.8) is 0 Å². The Kier molecular flexibility index (Phi) is 6.72. The highest BCUT2D eigenvalue weighted by Crippen LogP contribution is 2.28. The van der Waals surface area contributed by atoms with Gasteiger partial charge in [0, 0.05) is 18.2 Å². The van der Waals surface area contributed by atoms with Gasteiger partial charge in [-0.05, 0) is 30.2 Å². The Balaban J connectivity index is 2.00. The molecule has 1 atom stereocenters. The SMILES string of the molecule is Cc1ccc(F)cc1-c1nn(C(F)F)cc1C(=O)NC(Cc1ccccc1)C(=O)C(N)=O. The molecule has 1 unspecified atom stereocenters. The normalized spacial score (nSPS) is 11.9. The second-order valence-corrected chi connectivity index (χ2v) is 7.05. The first-order chi connectivity index (χ1) is 15.2. The van der Waals surface area contributed by atoms with Crippen molar-refractivity contribution in [2.75, 3.05) is 0 Å². The van der Waals surface area contributed by atoms with Crippen LogP contribution >= 0.6 is 0 Å². The highest BCUT2D eigenvalue weighted by atomic mass is 19.3. The van der Waals surface area contributed by atoms with Crippen LogP contribution in [0.25, 0.3) is 11.3 Å². The lowest BCUT2D eigenvalue weighted by atomic mass is 10.00. The molecule has 32 heavy (non-hydrogen) atoms. The monoisotopic (exact) mass is 444 g/mol. The van der Waals surface area contributed by atoms with Crippen LogP contribution in [-0.4, -0.2) is 33.4 Å². The summed E-state index contributed by atoms with van der Waals surface area (Å²) in [6, 6.07) is 10.9. The second-order valence-electron chi connectivity index (χ2n) is 7.05. The molecule has 0 spiro atoms. The Labute approximate surface area is 181 Å². The summed E-state index contributed by atoms with van der Waals surface area (Å²) in [5, 5.41) is 6.11. The second kappa shape index (κ2) is 9.46. The number of hydrogen-bond acceptors (Lipinski definition) is 4. The molecule has 1 heterocycles. The molecule has 0 radical (unpaired) electrons. The smallest absolute Gasteiger partial charge is 0.333 e. The fourth-order valence-corrected chi connectivity index (χ4v) is 3.17. The highest BCUT2D eigenvalue weighted by molar-refractivity contribution is 6.38. The molecule has 3 N–H and O–H groups in total. The summed E-state index contributed by atoms with van der Waals surface area (Å²) in [4.78, 5) is 36.8. The van der Waals surface area contributed by atoms with Crippen LogP contribution in [0.5, 0.6) is 0 Å². The van der Waals surface area contributed by atoms with Gasteiger partial charge in [0.05, 0.1) is 5.56 Å². The summed E-state index contributed by atoms with van der Waals surface area (Å²) in [6.45, 7) is -1.45. The molecule has 0 fully saturated rings. The van der Waals surface area contributed by atoms with Gasteiger partial charge in [-0.3, -0.25) is 14.4 Å². The average Bonchev–Trinajstić information content (AvgIpc) is 3.21. The predicted octanol–water partition coefficient (Wildman–Crippen LogP) is 2.79. The molecule has 0 saturated heterocycles. The number of Topliss-reactive ketones (excluding diaryl/α,β-unsaturated/α-hetero) is 1. The zero-order valence-corrected chi connectivity index (χ0v) is 16.9. The number of carbonyl (C=O) groups excluding carboxylic acids is 3. The van der Waals surface area contributed by atoms with E-state index in [2.05, 4.69) is 10.4 Å². The summed E-state index contributed by atoms with van der Waals surface area (Å²) in [5.41, 5.74) is 5.87. The fourth-order valence-electron chi connectivity index (χ4n) is 3.17. The minimum Gasteiger partial charge on any atom is -0.363 e. The molecular formula is C22H19F3N4O3. The van der Waals surface area contributed by atoms with Gasteiger partial charge in [-0.1, -0.05) is 36.4 Å². The molecule has 1 aromatic heterocycles. The van der Waals surface area contributed by atoms with E-state index in [9.17, 15) is 27.6 Å². The first-order valence-electron chi connectivity index (χ1n) is 9.49. The number of aromatic nitrogens is 2. The van der Waals surface area contributed by atoms with Gasteiger partial charge >= 0.3 is 6.55 Å². The van der Waals surface area contributed by atoms with Crippen molar-refractivity contribution in [1.82, 2.24) is 15.1 Å². The molecule has 2 aromatic carbocycles. The van der Waals surface area contributed by atoms with Gasteiger partial charge in [0.15, 0.2) is 0 Å². The summed E-state index contributed by atoms with van der Waals surface area (Å²) in [6.07, 6.45) is 0.750. The number of rotatable bonds is 8. The number of benzene rings is 2. The Morgan fingerprint density at radius 3 is 2.44 bits per heavy atom. The van der Waals surface area contributed by atoms with Crippen LogP contribution in [0.3, 0.4) is 0 Å². The lowest BCUT2D eigenvalue weighted by Crippen LogP contribution is -2.47. The molecule has 0 aliphatic rings. The van der Waals surface area contributed by atoms with Gasteiger partial charge in [0.25, 0.3) is 11.8 Å². The van der Waals surface area contributed by atoms with Crippen LogP contribution in [0.1, 0.15) is 28.0 Å². The van der Waals surface area contributed by atoms with Gasteiger partial charge in [0.1, 0.15) is 17.6 Å². The Hall–Kier alpha value is -3.95. The molecular weight excluding hydrogens is 425 g/mol. The predicted molar refractivity (Wildman–Crippen MR) is 109 cm³/mol. The van der Waals surface area contributed by atoms with E-state index in [0.717, 1.165) is 12.3 Å². The van der Waals surface area contributed by atoms with E-state index in [1.807, 2.05) is 0 Å².